The largest absolute Gasteiger partial charge is 0.351 e. The zero-order valence-electron chi connectivity index (χ0n) is 22.5. The molecule has 4 aromatic rings. The lowest BCUT2D eigenvalue weighted by molar-refractivity contribution is 0.0782. The third kappa shape index (κ3) is 6.35. The van der Waals surface area contributed by atoms with Gasteiger partial charge in [0.1, 0.15) is 6.33 Å². The minimum Gasteiger partial charge on any atom is -0.351 e. The van der Waals surface area contributed by atoms with Gasteiger partial charge in [-0.2, -0.15) is 5.10 Å². The Morgan fingerprint density at radius 3 is 2.46 bits per heavy atom. The van der Waals surface area contributed by atoms with Gasteiger partial charge in [0.2, 0.25) is 0 Å². The number of piperazine rings is 1. The van der Waals surface area contributed by atoms with Gasteiger partial charge in [-0.3, -0.25) is 9.69 Å². The Labute approximate surface area is 239 Å². The van der Waals surface area contributed by atoms with Gasteiger partial charge in [0, 0.05) is 63.6 Å². The molecule has 1 saturated heterocycles. The number of carbonyl (C=O) groups excluding carboxylic acids is 1. The van der Waals surface area contributed by atoms with Gasteiger partial charge in [0.05, 0.1) is 10.0 Å². The summed E-state index contributed by atoms with van der Waals surface area (Å²) in [7, 11) is 1.88. The molecule has 5 rings (SSSR count). The number of likely N-dealkylation sites (N-methyl/N-ethyl adjacent to an activating group) is 1. The fourth-order valence-corrected chi connectivity index (χ4v) is 5.66. The van der Waals surface area contributed by atoms with Crippen molar-refractivity contribution in [2.24, 2.45) is 0 Å². The summed E-state index contributed by atoms with van der Waals surface area (Å²) < 4.78 is 1.76. The molecule has 0 bridgehead atoms. The van der Waals surface area contributed by atoms with Crippen LogP contribution in [0.1, 0.15) is 39.4 Å². The quantitative estimate of drug-likeness (QED) is 0.295. The molecule has 204 valence electrons. The van der Waals surface area contributed by atoms with Crippen LogP contribution in [-0.2, 0) is 0 Å². The van der Waals surface area contributed by atoms with Gasteiger partial charge >= 0.3 is 0 Å². The number of aryl methyl sites for hydroxylation is 2. The van der Waals surface area contributed by atoms with Crippen LogP contribution in [0.15, 0.2) is 55.1 Å². The zero-order chi connectivity index (χ0) is 27.5. The minimum absolute atomic E-state index is 0.0237. The molecule has 1 amide bonds. The lowest BCUT2D eigenvalue weighted by Gasteiger charge is -2.36. The molecule has 39 heavy (non-hydrogen) atoms. The molecule has 2 aromatic carbocycles. The van der Waals surface area contributed by atoms with Crippen molar-refractivity contribution in [2.45, 2.75) is 26.2 Å². The first-order valence-electron chi connectivity index (χ1n) is 13.2. The van der Waals surface area contributed by atoms with Crippen LogP contribution < -0.4 is 4.90 Å². The summed E-state index contributed by atoms with van der Waals surface area (Å²) in [6.07, 6.45) is 6.02. The van der Waals surface area contributed by atoms with Crippen LogP contribution in [-0.4, -0.2) is 81.6 Å². The molecule has 3 heterocycles. The van der Waals surface area contributed by atoms with Crippen molar-refractivity contribution < 1.29 is 4.79 Å². The fraction of sp³-hybridized carbons (Fsp3) is 0.379. The van der Waals surface area contributed by atoms with Crippen molar-refractivity contribution in [1.82, 2.24) is 29.4 Å². The number of benzene rings is 2. The number of hydrogen-bond donors (Lipinski definition) is 0. The number of halogens is 2. The summed E-state index contributed by atoms with van der Waals surface area (Å²) in [6.45, 7) is 9.10. The molecule has 0 N–H and O–H groups in total. The maximum atomic E-state index is 13.3. The van der Waals surface area contributed by atoms with Crippen molar-refractivity contribution in [3.05, 3.63) is 87.4 Å². The predicted molar refractivity (Wildman–Crippen MR) is 156 cm³/mol. The Bertz CT molecular complexity index is 1450. The highest BCUT2D eigenvalue weighted by molar-refractivity contribution is 6.42. The van der Waals surface area contributed by atoms with Crippen molar-refractivity contribution >= 4 is 40.6 Å². The van der Waals surface area contributed by atoms with Gasteiger partial charge in [0.15, 0.2) is 11.5 Å². The summed E-state index contributed by atoms with van der Waals surface area (Å²) in [5.41, 5.74) is 4.76. The molecule has 8 nitrogen and oxygen atoms in total. The first-order valence-corrected chi connectivity index (χ1v) is 13.9. The average molecular weight is 567 g/mol. The van der Waals surface area contributed by atoms with Crippen molar-refractivity contribution in [2.75, 3.05) is 51.2 Å². The normalized spacial score (nSPS) is 15.1. The minimum atomic E-state index is 0.0237. The Morgan fingerprint density at radius 1 is 1.00 bits per heavy atom. The van der Waals surface area contributed by atoms with Gasteiger partial charge in [-0.25, -0.2) is 14.5 Å². The monoisotopic (exact) mass is 565 g/mol. The van der Waals surface area contributed by atoms with E-state index in [1.165, 1.54) is 0 Å². The molecule has 0 spiro atoms. The number of hydrogen-bond acceptors (Lipinski definition) is 6. The van der Waals surface area contributed by atoms with E-state index in [0.717, 1.165) is 72.9 Å². The highest BCUT2D eigenvalue weighted by Crippen LogP contribution is 2.29. The van der Waals surface area contributed by atoms with E-state index in [9.17, 15) is 4.79 Å². The molecule has 0 saturated carbocycles. The molecular weight excluding hydrogens is 533 g/mol. The Kier molecular flexibility index (Phi) is 8.35. The van der Waals surface area contributed by atoms with Crippen LogP contribution in [0.25, 0.3) is 5.65 Å². The molecule has 1 aliphatic heterocycles. The number of fused-ring (bicyclic) bond motifs is 1. The Morgan fingerprint density at radius 2 is 1.74 bits per heavy atom. The summed E-state index contributed by atoms with van der Waals surface area (Å²) in [5, 5.41) is 5.29. The number of nitrogens with zero attached hydrogens (tertiary/aromatic N) is 7. The van der Waals surface area contributed by atoms with Crippen molar-refractivity contribution in [1.29, 1.82) is 0 Å². The zero-order valence-corrected chi connectivity index (χ0v) is 24.0. The molecule has 1 fully saturated rings. The summed E-state index contributed by atoms with van der Waals surface area (Å²) in [5.74, 6) is 1.01. The highest BCUT2D eigenvalue weighted by atomic mass is 35.5. The van der Waals surface area contributed by atoms with E-state index in [1.807, 2.05) is 62.3 Å². The lowest BCUT2D eigenvalue weighted by Crippen LogP contribution is -2.47. The smallest absolute Gasteiger partial charge is 0.253 e. The van der Waals surface area contributed by atoms with Gasteiger partial charge in [-0.1, -0.05) is 46.5 Å². The highest BCUT2D eigenvalue weighted by Gasteiger charge is 2.24. The van der Waals surface area contributed by atoms with E-state index in [1.54, 1.807) is 17.0 Å². The number of amides is 1. The van der Waals surface area contributed by atoms with E-state index >= 15 is 0 Å². The maximum absolute atomic E-state index is 13.3. The summed E-state index contributed by atoms with van der Waals surface area (Å²) in [6, 6.07) is 11.8. The second-order valence-corrected chi connectivity index (χ2v) is 11.1. The van der Waals surface area contributed by atoms with Crippen LogP contribution >= 0.6 is 23.2 Å². The number of aromatic nitrogens is 4. The van der Waals surface area contributed by atoms with Gasteiger partial charge < -0.3 is 9.80 Å². The number of carbonyl (C=O) groups is 1. The molecule has 0 radical (unpaired) electrons. The first-order chi connectivity index (χ1) is 18.8. The topological polar surface area (TPSA) is 69.9 Å². The molecule has 2 aromatic heterocycles. The molecule has 1 aliphatic rings. The standard InChI is InChI=1S/C29H33Cl2N7O/c1-20-14-21(2)16-24(15-20)29(39)35(3)18-23(22-4-5-25(30)26(31)17-22)6-8-36-10-12-37(13-11-36)27-28-33-19-34-38(28)9-7-32-27/h4-5,7,9,14-17,19,23H,6,8,10-13,18H2,1-3H3. The van der Waals surface area contributed by atoms with Crippen LogP contribution in [0.2, 0.25) is 10.0 Å². The van der Waals surface area contributed by atoms with Gasteiger partial charge in [0.25, 0.3) is 5.91 Å². The lowest BCUT2D eigenvalue weighted by atomic mass is 9.94. The van der Waals surface area contributed by atoms with E-state index < -0.39 is 0 Å². The molecular formula is C29H33Cl2N7O. The molecule has 1 unspecified atom stereocenters. The SMILES string of the molecule is Cc1cc(C)cc(C(=O)N(C)CC(CCN2CCN(c3nccn4ncnc34)CC2)c2ccc(Cl)c(Cl)c2)c1. The molecule has 10 heteroatoms. The third-order valence-corrected chi connectivity index (χ3v) is 8.11. The van der Waals surface area contributed by atoms with E-state index in [0.29, 0.717) is 16.6 Å². The van der Waals surface area contributed by atoms with Crippen LogP contribution in [0.5, 0.6) is 0 Å². The predicted octanol–water partition coefficient (Wildman–Crippen LogP) is 5.12. The third-order valence-electron chi connectivity index (χ3n) is 7.37. The molecule has 1 atom stereocenters. The summed E-state index contributed by atoms with van der Waals surface area (Å²) >= 11 is 12.6. The fourth-order valence-electron chi connectivity index (χ4n) is 5.35. The summed E-state index contributed by atoms with van der Waals surface area (Å²) in [4.78, 5) is 28.8. The van der Waals surface area contributed by atoms with Crippen LogP contribution in [0.4, 0.5) is 5.82 Å². The molecule has 0 aliphatic carbocycles. The van der Waals surface area contributed by atoms with Gasteiger partial charge in [-0.15, -0.1) is 0 Å². The number of rotatable bonds is 8. The van der Waals surface area contributed by atoms with E-state index in [2.05, 4.69) is 30.9 Å². The van der Waals surface area contributed by atoms with Crippen LogP contribution in [0.3, 0.4) is 0 Å². The number of anilines is 1. The van der Waals surface area contributed by atoms with Crippen molar-refractivity contribution in [3.63, 3.8) is 0 Å². The Hall–Kier alpha value is -3.20. The van der Waals surface area contributed by atoms with Gasteiger partial charge in [-0.05, 0) is 56.6 Å². The second-order valence-electron chi connectivity index (χ2n) is 10.3. The average Bonchev–Trinajstić information content (AvgIpc) is 3.41. The van der Waals surface area contributed by atoms with Crippen molar-refractivity contribution in [3.8, 4) is 0 Å². The first kappa shape index (κ1) is 27.4. The van der Waals surface area contributed by atoms with Crippen LogP contribution in [0, 0.1) is 13.8 Å². The maximum Gasteiger partial charge on any atom is 0.253 e. The Balaban J connectivity index is 1.25. The van der Waals surface area contributed by atoms with E-state index in [4.69, 9.17) is 23.2 Å². The second kappa shape index (κ2) is 11.9. The van der Waals surface area contributed by atoms with E-state index in [-0.39, 0.29) is 11.8 Å².